The van der Waals surface area contributed by atoms with Crippen LogP contribution in [0.2, 0.25) is 0 Å². The number of ether oxygens (including phenoxy) is 2. The highest BCUT2D eigenvalue weighted by molar-refractivity contribution is 5.85. The summed E-state index contributed by atoms with van der Waals surface area (Å²) in [5.41, 5.74) is 2.11. The van der Waals surface area contributed by atoms with Crippen LogP contribution in [-0.4, -0.2) is 29.3 Å². The molecule has 1 aromatic heterocycles. The number of fused-ring (bicyclic) bond motifs is 1. The number of benzene rings is 1. The van der Waals surface area contributed by atoms with Crippen molar-refractivity contribution in [3.8, 4) is 22.8 Å². The highest BCUT2D eigenvalue weighted by Crippen LogP contribution is 2.34. The molecule has 0 aliphatic carbocycles. The summed E-state index contributed by atoms with van der Waals surface area (Å²) in [7, 11) is 0. The Bertz CT molecular complexity index is 647. The molecule has 5 heteroatoms. The molecule has 0 radical (unpaired) electrons. The average Bonchev–Trinajstić information content (AvgIpc) is 2.91. The first-order chi connectivity index (χ1) is 9.69. The zero-order valence-electron chi connectivity index (χ0n) is 11.5. The summed E-state index contributed by atoms with van der Waals surface area (Å²) in [5, 5.41) is 4.49. The topological polar surface area (TPSA) is 53.4 Å². The molecule has 1 aliphatic rings. The number of carbonyl (C=O) groups excluding carboxylic acids is 1. The zero-order valence-corrected chi connectivity index (χ0v) is 11.5. The summed E-state index contributed by atoms with van der Waals surface area (Å²) in [5.74, 6) is 1.43. The van der Waals surface area contributed by atoms with Crippen LogP contribution in [-0.2, 0) is 0 Å². The molecule has 0 unspecified atom stereocenters. The van der Waals surface area contributed by atoms with Crippen LogP contribution in [0.4, 0.5) is 0 Å². The van der Waals surface area contributed by atoms with Gasteiger partial charge < -0.3 is 9.47 Å². The Hall–Kier alpha value is -2.30. The van der Waals surface area contributed by atoms with Crippen LogP contribution in [0.5, 0.6) is 11.5 Å². The lowest BCUT2D eigenvalue weighted by atomic mass is 10.1. The lowest BCUT2D eigenvalue weighted by molar-refractivity contribution is 0.112. The van der Waals surface area contributed by atoms with Gasteiger partial charge in [0.15, 0.2) is 17.8 Å². The number of hydrogen-bond acceptors (Lipinski definition) is 4. The molecule has 0 fully saturated rings. The molecule has 0 saturated carbocycles. The minimum Gasteiger partial charge on any atom is -0.486 e. The van der Waals surface area contributed by atoms with Gasteiger partial charge in [-0.05, 0) is 32.0 Å². The van der Waals surface area contributed by atoms with Crippen LogP contribution in [0.15, 0.2) is 24.4 Å². The molecule has 0 amide bonds. The lowest BCUT2D eigenvalue weighted by Gasteiger charge is -2.18. The Labute approximate surface area is 117 Å². The predicted octanol–water partition coefficient (Wildman–Crippen LogP) is 2.71. The molecule has 104 valence electrons. The van der Waals surface area contributed by atoms with Crippen molar-refractivity contribution in [3.05, 3.63) is 30.0 Å². The van der Waals surface area contributed by atoms with Crippen LogP contribution < -0.4 is 9.47 Å². The molecule has 2 aromatic rings. The third-order valence-electron chi connectivity index (χ3n) is 3.23. The molecule has 0 saturated heterocycles. The highest BCUT2D eigenvalue weighted by atomic mass is 16.6. The van der Waals surface area contributed by atoms with Crippen molar-refractivity contribution < 1.29 is 14.3 Å². The molecule has 20 heavy (non-hydrogen) atoms. The second-order valence-corrected chi connectivity index (χ2v) is 4.98. The van der Waals surface area contributed by atoms with Gasteiger partial charge in [-0.2, -0.15) is 5.10 Å². The van der Waals surface area contributed by atoms with Gasteiger partial charge >= 0.3 is 0 Å². The predicted molar refractivity (Wildman–Crippen MR) is 74.4 cm³/mol. The summed E-state index contributed by atoms with van der Waals surface area (Å²) in [6, 6.07) is 5.83. The Morgan fingerprint density at radius 2 is 2.00 bits per heavy atom. The maximum absolute atomic E-state index is 11.2. The summed E-state index contributed by atoms with van der Waals surface area (Å²) in [6.07, 6.45) is 2.60. The largest absolute Gasteiger partial charge is 0.486 e. The fourth-order valence-electron chi connectivity index (χ4n) is 2.17. The van der Waals surface area contributed by atoms with Crippen molar-refractivity contribution >= 4 is 6.29 Å². The molecule has 3 rings (SSSR count). The van der Waals surface area contributed by atoms with Gasteiger partial charge in [-0.15, -0.1) is 0 Å². The third-order valence-corrected chi connectivity index (χ3v) is 3.23. The number of rotatable bonds is 3. The number of carbonyl (C=O) groups is 1. The average molecular weight is 272 g/mol. The van der Waals surface area contributed by atoms with E-state index in [4.69, 9.17) is 9.47 Å². The first-order valence-corrected chi connectivity index (χ1v) is 6.63. The van der Waals surface area contributed by atoms with Gasteiger partial charge in [0.1, 0.15) is 18.9 Å². The van der Waals surface area contributed by atoms with E-state index in [0.29, 0.717) is 30.2 Å². The van der Waals surface area contributed by atoms with Crippen molar-refractivity contribution in [2.45, 2.75) is 19.9 Å². The lowest BCUT2D eigenvalue weighted by Crippen LogP contribution is -2.15. The van der Waals surface area contributed by atoms with Crippen molar-refractivity contribution in [1.82, 2.24) is 9.78 Å². The zero-order chi connectivity index (χ0) is 14.1. The first-order valence-electron chi connectivity index (χ1n) is 6.63. The number of aldehydes is 1. The minimum atomic E-state index is 0.208. The van der Waals surface area contributed by atoms with Gasteiger partial charge in [-0.25, -0.2) is 0 Å². The summed E-state index contributed by atoms with van der Waals surface area (Å²) >= 11 is 0. The maximum atomic E-state index is 11.2. The Kier molecular flexibility index (Phi) is 3.18. The summed E-state index contributed by atoms with van der Waals surface area (Å²) in [6.45, 7) is 5.15. The van der Waals surface area contributed by atoms with E-state index >= 15 is 0 Å². The number of hydrogen-bond donors (Lipinski definition) is 0. The van der Waals surface area contributed by atoms with E-state index < -0.39 is 0 Å². The van der Waals surface area contributed by atoms with E-state index in [-0.39, 0.29) is 6.04 Å². The maximum Gasteiger partial charge on any atom is 0.162 e. The van der Waals surface area contributed by atoms with Crippen LogP contribution in [0.1, 0.15) is 30.2 Å². The van der Waals surface area contributed by atoms with E-state index in [1.54, 1.807) is 10.9 Å². The van der Waals surface area contributed by atoms with Gasteiger partial charge in [0.2, 0.25) is 0 Å². The molecule has 0 N–H and O–H groups in total. The molecular formula is C15H16N2O3. The van der Waals surface area contributed by atoms with Gasteiger partial charge in [0.25, 0.3) is 0 Å². The van der Waals surface area contributed by atoms with E-state index in [1.807, 2.05) is 32.0 Å². The molecule has 1 aromatic carbocycles. The van der Waals surface area contributed by atoms with E-state index in [0.717, 1.165) is 17.6 Å². The van der Waals surface area contributed by atoms with E-state index in [1.165, 1.54) is 0 Å². The normalized spacial score (nSPS) is 13.6. The Morgan fingerprint density at radius 3 is 2.70 bits per heavy atom. The third kappa shape index (κ3) is 2.15. The quantitative estimate of drug-likeness (QED) is 0.806. The second kappa shape index (κ2) is 5.00. The molecule has 0 atom stereocenters. The molecular weight excluding hydrogens is 256 g/mol. The monoisotopic (exact) mass is 272 g/mol. The summed E-state index contributed by atoms with van der Waals surface area (Å²) < 4.78 is 12.8. The molecule has 5 nitrogen and oxygen atoms in total. The van der Waals surface area contributed by atoms with Crippen molar-refractivity contribution in [3.63, 3.8) is 0 Å². The highest BCUT2D eigenvalue weighted by Gasteiger charge is 2.16. The van der Waals surface area contributed by atoms with Crippen LogP contribution in [0.3, 0.4) is 0 Å². The van der Waals surface area contributed by atoms with Crippen LogP contribution in [0.25, 0.3) is 11.3 Å². The molecule has 0 spiro atoms. The molecule has 2 heterocycles. The number of aromatic nitrogens is 2. The second-order valence-electron chi connectivity index (χ2n) is 4.98. The van der Waals surface area contributed by atoms with Crippen molar-refractivity contribution in [2.75, 3.05) is 13.2 Å². The van der Waals surface area contributed by atoms with Gasteiger partial charge in [0, 0.05) is 17.8 Å². The summed E-state index contributed by atoms with van der Waals surface area (Å²) in [4.78, 5) is 11.2. The smallest absolute Gasteiger partial charge is 0.162 e. The number of nitrogens with zero attached hydrogens (tertiary/aromatic N) is 2. The minimum absolute atomic E-state index is 0.208. The van der Waals surface area contributed by atoms with Crippen LogP contribution >= 0.6 is 0 Å². The van der Waals surface area contributed by atoms with Gasteiger partial charge in [0.05, 0.1) is 5.56 Å². The van der Waals surface area contributed by atoms with Crippen molar-refractivity contribution in [2.24, 2.45) is 0 Å². The molecule has 1 aliphatic heterocycles. The SMILES string of the molecule is CC(C)n1cc(C=O)c(-c2ccc3c(c2)OCCO3)n1. The van der Waals surface area contributed by atoms with E-state index in [2.05, 4.69) is 5.10 Å². The van der Waals surface area contributed by atoms with E-state index in [9.17, 15) is 4.79 Å². The fraction of sp³-hybridized carbons (Fsp3) is 0.333. The van der Waals surface area contributed by atoms with Gasteiger partial charge in [-0.1, -0.05) is 0 Å². The Balaban J connectivity index is 2.06. The van der Waals surface area contributed by atoms with Crippen molar-refractivity contribution in [1.29, 1.82) is 0 Å². The Morgan fingerprint density at radius 1 is 1.25 bits per heavy atom. The fourth-order valence-corrected chi connectivity index (χ4v) is 2.17. The molecule has 0 bridgehead atoms. The van der Waals surface area contributed by atoms with Gasteiger partial charge in [-0.3, -0.25) is 9.48 Å². The first kappa shape index (κ1) is 12.7. The standard InChI is InChI=1S/C15H16N2O3/c1-10(2)17-8-12(9-18)15(16-17)11-3-4-13-14(7-11)20-6-5-19-13/h3-4,7-10H,5-6H2,1-2H3. The van der Waals surface area contributed by atoms with Crippen LogP contribution in [0, 0.1) is 0 Å².